The molecule has 1 aliphatic rings. The van der Waals surface area contributed by atoms with Gasteiger partial charge in [0.1, 0.15) is 0 Å². The molecular formula is C6H13N2OS+. The molecule has 0 unspecified atom stereocenters. The quantitative estimate of drug-likeness (QED) is 0.522. The van der Waals surface area contributed by atoms with E-state index in [9.17, 15) is 0 Å². The van der Waals surface area contributed by atoms with Crippen molar-refractivity contribution >= 4 is 17.2 Å². The molecule has 1 rings (SSSR count). The van der Waals surface area contributed by atoms with Crippen LogP contribution in [0.5, 0.6) is 0 Å². The Labute approximate surface area is 66.1 Å². The molecule has 0 spiro atoms. The molecule has 58 valence electrons. The van der Waals surface area contributed by atoms with Crippen LogP contribution in [-0.4, -0.2) is 42.7 Å². The van der Waals surface area contributed by atoms with Crippen molar-refractivity contribution in [2.75, 3.05) is 32.8 Å². The normalized spacial score (nSPS) is 20.9. The maximum absolute atomic E-state index is 5.18. The van der Waals surface area contributed by atoms with Crippen molar-refractivity contribution in [3.8, 4) is 0 Å². The first-order valence-electron chi connectivity index (χ1n) is 3.44. The summed E-state index contributed by atoms with van der Waals surface area (Å²) in [5.41, 5.74) is 3.68. The van der Waals surface area contributed by atoms with Crippen LogP contribution < -0.4 is 5.73 Å². The highest BCUT2D eigenvalue weighted by molar-refractivity contribution is 7.79. The SMILES string of the molecule is [NH3+]C(=S)CN1CCOCC1. The summed E-state index contributed by atoms with van der Waals surface area (Å²) in [7, 11) is 0. The predicted molar refractivity (Wildman–Crippen MR) is 42.7 cm³/mol. The number of morpholine rings is 1. The third kappa shape index (κ3) is 2.70. The lowest BCUT2D eigenvalue weighted by atomic mass is 10.4. The Morgan fingerprint density at radius 2 is 2.10 bits per heavy atom. The third-order valence-electron chi connectivity index (χ3n) is 1.50. The van der Waals surface area contributed by atoms with Crippen LogP contribution in [-0.2, 0) is 4.74 Å². The summed E-state index contributed by atoms with van der Waals surface area (Å²) < 4.78 is 5.18. The van der Waals surface area contributed by atoms with Crippen molar-refractivity contribution in [3.63, 3.8) is 0 Å². The fourth-order valence-corrected chi connectivity index (χ4v) is 1.19. The van der Waals surface area contributed by atoms with Gasteiger partial charge in [-0.3, -0.25) is 4.90 Å². The van der Waals surface area contributed by atoms with E-state index in [4.69, 9.17) is 17.0 Å². The lowest BCUT2D eigenvalue weighted by Gasteiger charge is -2.24. The molecule has 0 amide bonds. The Bertz CT molecular complexity index is 123. The second-order valence-corrected chi connectivity index (χ2v) is 3.00. The van der Waals surface area contributed by atoms with Gasteiger partial charge in [-0.15, -0.1) is 0 Å². The predicted octanol–water partition coefficient (Wildman–Crippen LogP) is -1.11. The molecule has 3 nitrogen and oxygen atoms in total. The van der Waals surface area contributed by atoms with Gasteiger partial charge in [-0.25, -0.2) is 0 Å². The van der Waals surface area contributed by atoms with Gasteiger partial charge >= 0.3 is 0 Å². The number of ether oxygens (including phenoxy) is 1. The summed E-state index contributed by atoms with van der Waals surface area (Å²) in [4.78, 5) is 3.08. The van der Waals surface area contributed by atoms with Gasteiger partial charge in [-0.1, -0.05) is 0 Å². The maximum atomic E-state index is 5.18. The molecule has 0 saturated carbocycles. The molecule has 3 N–H and O–H groups in total. The van der Waals surface area contributed by atoms with E-state index in [2.05, 4.69) is 10.6 Å². The van der Waals surface area contributed by atoms with E-state index in [1.807, 2.05) is 0 Å². The Hall–Kier alpha value is -0.0300. The molecule has 4 heteroatoms. The molecule has 0 aliphatic carbocycles. The zero-order chi connectivity index (χ0) is 7.40. The third-order valence-corrected chi connectivity index (χ3v) is 1.63. The highest BCUT2D eigenvalue weighted by atomic mass is 32.1. The van der Waals surface area contributed by atoms with Gasteiger partial charge in [0.05, 0.1) is 19.8 Å². The number of thiocarbonyl (C=S) groups is 1. The Kier molecular flexibility index (Phi) is 3.21. The van der Waals surface area contributed by atoms with Gasteiger partial charge in [-0.05, 0) is 12.2 Å². The molecule has 0 bridgehead atoms. The van der Waals surface area contributed by atoms with E-state index in [1.165, 1.54) is 0 Å². The molecule has 1 saturated heterocycles. The van der Waals surface area contributed by atoms with E-state index in [0.717, 1.165) is 37.8 Å². The van der Waals surface area contributed by atoms with Gasteiger partial charge in [-0.2, -0.15) is 0 Å². The summed E-state index contributed by atoms with van der Waals surface area (Å²) in [6, 6.07) is 0. The minimum atomic E-state index is 0.821. The molecular weight excluding hydrogens is 148 g/mol. The first-order chi connectivity index (χ1) is 4.79. The molecule has 0 atom stereocenters. The zero-order valence-electron chi connectivity index (χ0n) is 6.01. The zero-order valence-corrected chi connectivity index (χ0v) is 6.82. The first-order valence-corrected chi connectivity index (χ1v) is 3.85. The monoisotopic (exact) mass is 161 g/mol. The number of nitrogens with zero attached hydrogens (tertiary/aromatic N) is 1. The van der Waals surface area contributed by atoms with Crippen LogP contribution in [0.4, 0.5) is 0 Å². The fourth-order valence-electron chi connectivity index (χ4n) is 1.01. The van der Waals surface area contributed by atoms with Crippen molar-refractivity contribution in [1.82, 2.24) is 4.90 Å². The second kappa shape index (κ2) is 3.98. The maximum Gasteiger partial charge on any atom is 0.183 e. The average Bonchev–Trinajstić information content (AvgIpc) is 1.88. The summed E-state index contributed by atoms with van der Waals surface area (Å²) in [6.45, 7) is 4.51. The number of rotatable bonds is 2. The van der Waals surface area contributed by atoms with Crippen LogP contribution >= 0.6 is 12.2 Å². The molecule has 1 heterocycles. The molecule has 0 radical (unpaired) electrons. The standard InChI is InChI=1S/C6H12N2OS/c7-6(10)5-8-1-3-9-4-2-8/h1-5H2,(H2,7,10)/p+1. The van der Waals surface area contributed by atoms with E-state index in [0.29, 0.717) is 0 Å². The summed E-state index contributed by atoms with van der Waals surface area (Å²) in [5.74, 6) is 0. The Morgan fingerprint density at radius 1 is 1.50 bits per heavy atom. The van der Waals surface area contributed by atoms with Gasteiger partial charge in [0.15, 0.2) is 4.99 Å². The minimum Gasteiger partial charge on any atom is -0.379 e. The summed E-state index contributed by atoms with van der Waals surface area (Å²) >= 11 is 4.88. The van der Waals surface area contributed by atoms with Crippen molar-refractivity contribution in [2.45, 2.75) is 0 Å². The van der Waals surface area contributed by atoms with E-state index in [-0.39, 0.29) is 0 Å². The lowest BCUT2D eigenvalue weighted by Crippen LogP contribution is -2.60. The fraction of sp³-hybridized carbons (Fsp3) is 0.833. The van der Waals surface area contributed by atoms with E-state index >= 15 is 0 Å². The average molecular weight is 161 g/mol. The molecule has 0 aromatic heterocycles. The second-order valence-electron chi connectivity index (χ2n) is 2.43. The smallest absolute Gasteiger partial charge is 0.183 e. The number of hydrogen-bond donors (Lipinski definition) is 1. The summed E-state index contributed by atoms with van der Waals surface area (Å²) in [6.07, 6.45) is 0. The van der Waals surface area contributed by atoms with Gasteiger partial charge in [0.25, 0.3) is 0 Å². The summed E-state index contributed by atoms with van der Waals surface area (Å²) in [5, 5.41) is 0. The van der Waals surface area contributed by atoms with E-state index < -0.39 is 0 Å². The topological polar surface area (TPSA) is 40.1 Å². The van der Waals surface area contributed by atoms with Crippen molar-refractivity contribution < 1.29 is 10.5 Å². The molecule has 10 heavy (non-hydrogen) atoms. The van der Waals surface area contributed by atoms with E-state index in [1.54, 1.807) is 0 Å². The van der Waals surface area contributed by atoms with Gasteiger partial charge in [0, 0.05) is 13.1 Å². The van der Waals surface area contributed by atoms with Crippen molar-refractivity contribution in [3.05, 3.63) is 0 Å². The van der Waals surface area contributed by atoms with Crippen molar-refractivity contribution in [1.29, 1.82) is 0 Å². The van der Waals surface area contributed by atoms with Crippen LogP contribution in [0.25, 0.3) is 0 Å². The van der Waals surface area contributed by atoms with Crippen LogP contribution in [0.1, 0.15) is 0 Å². The van der Waals surface area contributed by atoms with Gasteiger partial charge in [0.2, 0.25) is 0 Å². The first kappa shape index (κ1) is 8.07. The Balaban J connectivity index is 2.19. The Morgan fingerprint density at radius 3 is 2.60 bits per heavy atom. The van der Waals surface area contributed by atoms with Gasteiger partial charge < -0.3 is 10.5 Å². The van der Waals surface area contributed by atoms with Crippen LogP contribution in [0.3, 0.4) is 0 Å². The largest absolute Gasteiger partial charge is 0.379 e. The highest BCUT2D eigenvalue weighted by Crippen LogP contribution is 1.94. The number of quaternary nitrogens is 1. The van der Waals surface area contributed by atoms with Crippen LogP contribution in [0.2, 0.25) is 0 Å². The van der Waals surface area contributed by atoms with Crippen molar-refractivity contribution in [2.24, 2.45) is 0 Å². The van der Waals surface area contributed by atoms with Crippen LogP contribution in [0.15, 0.2) is 0 Å². The molecule has 1 aliphatic heterocycles. The molecule has 0 aromatic carbocycles. The van der Waals surface area contributed by atoms with Crippen LogP contribution in [0, 0.1) is 0 Å². The molecule has 0 aromatic rings. The minimum absolute atomic E-state index is 0.821. The molecule has 1 fully saturated rings. The number of hydrogen-bond acceptors (Lipinski definition) is 3. The highest BCUT2D eigenvalue weighted by Gasteiger charge is 2.11. The lowest BCUT2D eigenvalue weighted by molar-refractivity contribution is -0.213.